The van der Waals surface area contributed by atoms with Gasteiger partial charge < -0.3 is 14.6 Å². The Hall–Kier alpha value is -4.13. The van der Waals surface area contributed by atoms with Crippen molar-refractivity contribution in [2.24, 2.45) is 0 Å². The predicted molar refractivity (Wildman–Crippen MR) is 134 cm³/mol. The number of pyridine rings is 1. The average Bonchev–Trinajstić information content (AvgIpc) is 3.17. The van der Waals surface area contributed by atoms with Gasteiger partial charge in [0.2, 0.25) is 0 Å². The summed E-state index contributed by atoms with van der Waals surface area (Å²) in [6, 6.07) is 16.8. The Balaban J connectivity index is 1.88. The fourth-order valence-corrected chi connectivity index (χ4v) is 4.26. The Morgan fingerprint density at radius 2 is 1.80 bits per heavy atom. The van der Waals surface area contributed by atoms with E-state index in [0.717, 1.165) is 24.8 Å². The molecule has 1 unspecified atom stereocenters. The Kier molecular flexibility index (Phi) is 7.15. The van der Waals surface area contributed by atoms with Crippen LogP contribution in [0.15, 0.2) is 72.4 Å². The summed E-state index contributed by atoms with van der Waals surface area (Å²) >= 11 is 0. The minimum atomic E-state index is -0.909. The summed E-state index contributed by atoms with van der Waals surface area (Å²) in [5, 5.41) is 11.4. The van der Waals surface area contributed by atoms with E-state index in [-0.39, 0.29) is 16.9 Å². The molecule has 0 saturated carbocycles. The van der Waals surface area contributed by atoms with Crippen LogP contribution in [0.2, 0.25) is 0 Å². The summed E-state index contributed by atoms with van der Waals surface area (Å²) in [6.07, 6.45) is 4.69. The van der Waals surface area contributed by atoms with Crippen molar-refractivity contribution in [3.8, 4) is 11.5 Å². The smallest absolute Gasteiger partial charge is 0.300 e. The molecule has 1 N–H and O–H groups in total. The van der Waals surface area contributed by atoms with Crippen molar-refractivity contribution >= 4 is 23.1 Å². The third kappa shape index (κ3) is 4.62. The molecule has 35 heavy (non-hydrogen) atoms. The van der Waals surface area contributed by atoms with Crippen LogP contribution < -0.4 is 14.4 Å². The molecule has 1 aliphatic heterocycles. The maximum absolute atomic E-state index is 13.3. The minimum absolute atomic E-state index is 0.0599. The number of hydrogen-bond donors (Lipinski definition) is 1. The van der Waals surface area contributed by atoms with Crippen molar-refractivity contribution in [1.82, 2.24) is 4.98 Å². The maximum atomic E-state index is 13.3. The third-order valence-corrected chi connectivity index (χ3v) is 6.11. The van der Waals surface area contributed by atoms with Gasteiger partial charge in [-0.2, -0.15) is 0 Å². The van der Waals surface area contributed by atoms with Crippen molar-refractivity contribution in [2.45, 2.75) is 32.2 Å². The van der Waals surface area contributed by atoms with E-state index in [9.17, 15) is 14.7 Å². The average molecular weight is 473 g/mol. The predicted octanol–water partition coefficient (Wildman–Crippen LogP) is 5.07. The molecular weight excluding hydrogens is 444 g/mol. The van der Waals surface area contributed by atoms with Crippen LogP contribution in [0.5, 0.6) is 11.5 Å². The standard InChI is InChI=1S/C28H28N2O5/c1-4-5-8-18-10-12-19(13-11-18)30-25(22-9-6-7-16-29-22)24(27(32)28(30)33)26(31)21-17-20(34-2)14-15-23(21)35-3/h6-7,9-17,25,31H,4-5,8H2,1-3H3/b26-24+. The zero-order valence-electron chi connectivity index (χ0n) is 20.0. The van der Waals surface area contributed by atoms with Crippen LogP contribution in [0.3, 0.4) is 0 Å². The van der Waals surface area contributed by atoms with Gasteiger partial charge in [0.05, 0.1) is 31.1 Å². The number of benzene rings is 2. The molecule has 0 bridgehead atoms. The molecule has 1 amide bonds. The highest BCUT2D eigenvalue weighted by Crippen LogP contribution is 2.43. The number of rotatable bonds is 8. The molecule has 4 rings (SSSR count). The van der Waals surface area contributed by atoms with E-state index in [0.29, 0.717) is 22.9 Å². The summed E-state index contributed by atoms with van der Waals surface area (Å²) in [5.74, 6) is -1.06. The molecular formula is C28H28N2O5. The normalized spacial score (nSPS) is 17.0. The molecule has 2 aromatic carbocycles. The van der Waals surface area contributed by atoms with Gasteiger partial charge in [0.25, 0.3) is 11.7 Å². The van der Waals surface area contributed by atoms with Gasteiger partial charge in [-0.25, -0.2) is 0 Å². The number of amides is 1. The monoisotopic (exact) mass is 472 g/mol. The SMILES string of the molecule is CCCCc1ccc(N2C(=O)C(=O)/C(=C(/O)c3cc(OC)ccc3OC)C2c2ccccn2)cc1. The first-order chi connectivity index (χ1) is 17.0. The summed E-state index contributed by atoms with van der Waals surface area (Å²) in [6.45, 7) is 2.14. The lowest BCUT2D eigenvalue weighted by Gasteiger charge is -2.25. The molecule has 3 aromatic rings. The number of aromatic nitrogens is 1. The van der Waals surface area contributed by atoms with Crippen LogP contribution in [0, 0.1) is 0 Å². The van der Waals surface area contributed by atoms with E-state index in [1.54, 1.807) is 42.6 Å². The second-order valence-electron chi connectivity index (χ2n) is 8.26. The van der Waals surface area contributed by atoms with Gasteiger partial charge >= 0.3 is 0 Å². The molecule has 0 aliphatic carbocycles. The van der Waals surface area contributed by atoms with Crippen molar-refractivity contribution in [2.75, 3.05) is 19.1 Å². The largest absolute Gasteiger partial charge is 0.507 e. The number of anilines is 1. The molecule has 1 aliphatic rings. The van der Waals surface area contributed by atoms with Crippen LogP contribution in [-0.4, -0.2) is 36.0 Å². The van der Waals surface area contributed by atoms with E-state index in [2.05, 4.69) is 11.9 Å². The number of carbonyl (C=O) groups is 2. The number of carbonyl (C=O) groups excluding carboxylic acids is 2. The number of hydrogen-bond acceptors (Lipinski definition) is 6. The molecule has 1 aromatic heterocycles. The highest BCUT2D eigenvalue weighted by Gasteiger charge is 2.47. The number of aliphatic hydroxyl groups excluding tert-OH is 1. The van der Waals surface area contributed by atoms with E-state index in [4.69, 9.17) is 9.47 Å². The third-order valence-electron chi connectivity index (χ3n) is 6.11. The molecule has 0 radical (unpaired) electrons. The number of aryl methyl sites for hydroxylation is 1. The summed E-state index contributed by atoms with van der Waals surface area (Å²) in [4.78, 5) is 32.5. The van der Waals surface area contributed by atoms with Crippen LogP contribution in [0.25, 0.3) is 5.76 Å². The van der Waals surface area contributed by atoms with Crippen molar-refractivity contribution in [1.29, 1.82) is 0 Å². The van der Waals surface area contributed by atoms with E-state index >= 15 is 0 Å². The molecule has 1 fully saturated rings. The number of unbranched alkanes of at least 4 members (excludes halogenated alkanes) is 1. The van der Waals surface area contributed by atoms with E-state index in [1.165, 1.54) is 19.1 Å². The molecule has 180 valence electrons. The maximum Gasteiger partial charge on any atom is 0.300 e. The van der Waals surface area contributed by atoms with Crippen molar-refractivity contribution in [3.63, 3.8) is 0 Å². The van der Waals surface area contributed by atoms with Crippen LogP contribution in [-0.2, 0) is 16.0 Å². The summed E-state index contributed by atoms with van der Waals surface area (Å²) in [7, 11) is 2.97. The lowest BCUT2D eigenvalue weighted by molar-refractivity contribution is -0.132. The number of nitrogens with zero attached hydrogens (tertiary/aromatic N) is 2. The zero-order chi connectivity index (χ0) is 24.9. The topological polar surface area (TPSA) is 89.0 Å². The molecule has 2 heterocycles. The Bertz CT molecular complexity index is 1250. The van der Waals surface area contributed by atoms with Gasteiger partial charge in [0.15, 0.2) is 0 Å². The van der Waals surface area contributed by atoms with Crippen LogP contribution in [0.4, 0.5) is 5.69 Å². The summed E-state index contributed by atoms with van der Waals surface area (Å²) in [5.41, 5.74) is 2.36. The fourth-order valence-electron chi connectivity index (χ4n) is 4.26. The highest BCUT2D eigenvalue weighted by atomic mass is 16.5. The second-order valence-corrected chi connectivity index (χ2v) is 8.26. The first-order valence-corrected chi connectivity index (χ1v) is 11.5. The second kappa shape index (κ2) is 10.4. The molecule has 7 heteroatoms. The number of ketones is 1. The molecule has 7 nitrogen and oxygen atoms in total. The fraction of sp³-hybridized carbons (Fsp3) is 0.250. The number of methoxy groups -OCH3 is 2. The Morgan fingerprint density at radius 1 is 1.03 bits per heavy atom. The Morgan fingerprint density at radius 3 is 2.43 bits per heavy atom. The van der Waals surface area contributed by atoms with Crippen LogP contribution >= 0.6 is 0 Å². The Labute approximate surface area is 204 Å². The lowest BCUT2D eigenvalue weighted by Crippen LogP contribution is -2.29. The molecule has 0 spiro atoms. The minimum Gasteiger partial charge on any atom is -0.507 e. The highest BCUT2D eigenvalue weighted by molar-refractivity contribution is 6.51. The van der Waals surface area contributed by atoms with E-state index in [1.807, 2.05) is 24.3 Å². The van der Waals surface area contributed by atoms with Crippen molar-refractivity contribution in [3.05, 3.63) is 89.3 Å². The van der Waals surface area contributed by atoms with Gasteiger partial charge in [-0.1, -0.05) is 31.5 Å². The zero-order valence-corrected chi connectivity index (χ0v) is 20.0. The first-order valence-electron chi connectivity index (χ1n) is 11.5. The van der Waals surface area contributed by atoms with Crippen molar-refractivity contribution < 1.29 is 24.2 Å². The molecule has 1 atom stereocenters. The number of ether oxygens (including phenoxy) is 2. The quantitative estimate of drug-likeness (QED) is 0.280. The first kappa shape index (κ1) is 24.0. The molecule has 1 saturated heterocycles. The van der Waals surface area contributed by atoms with Gasteiger partial charge in [0.1, 0.15) is 23.3 Å². The van der Waals surface area contributed by atoms with Gasteiger partial charge in [-0.15, -0.1) is 0 Å². The van der Waals surface area contributed by atoms with Gasteiger partial charge in [0, 0.05) is 11.9 Å². The number of aliphatic hydroxyl groups is 1. The van der Waals surface area contributed by atoms with Gasteiger partial charge in [-0.05, 0) is 60.9 Å². The van der Waals surface area contributed by atoms with E-state index < -0.39 is 17.7 Å². The van der Waals surface area contributed by atoms with Crippen LogP contribution in [0.1, 0.15) is 42.6 Å². The number of Topliss-reactive ketones (excluding diaryl/α,β-unsaturated/α-hetero) is 1. The summed E-state index contributed by atoms with van der Waals surface area (Å²) < 4.78 is 10.7. The lowest BCUT2D eigenvalue weighted by atomic mass is 9.97. The van der Waals surface area contributed by atoms with Gasteiger partial charge in [-0.3, -0.25) is 19.5 Å².